The topological polar surface area (TPSA) is 83.4 Å². The molecular formula is C30H25ClN4O3. The smallest absolute Gasteiger partial charge is 0.322 e. The van der Waals surface area contributed by atoms with Gasteiger partial charge in [0, 0.05) is 47.3 Å². The number of fused-ring (bicyclic) bond motifs is 1. The maximum Gasteiger partial charge on any atom is 0.322 e. The average Bonchev–Trinajstić information content (AvgIpc) is 2.94. The first-order valence-electron chi connectivity index (χ1n) is 12.1. The molecule has 2 heterocycles. The van der Waals surface area contributed by atoms with Gasteiger partial charge in [-0.3, -0.25) is 14.2 Å². The van der Waals surface area contributed by atoms with Crippen molar-refractivity contribution in [3.8, 4) is 5.69 Å². The predicted octanol–water partition coefficient (Wildman–Crippen LogP) is 5.73. The van der Waals surface area contributed by atoms with Crippen LogP contribution in [0.25, 0.3) is 11.8 Å². The highest BCUT2D eigenvalue weighted by Gasteiger charge is 2.35. The lowest BCUT2D eigenvalue weighted by Gasteiger charge is -2.36. The molecule has 1 aliphatic heterocycles. The summed E-state index contributed by atoms with van der Waals surface area (Å²) in [4.78, 5) is 40.8. The van der Waals surface area contributed by atoms with Crippen LogP contribution in [0.15, 0.2) is 102 Å². The van der Waals surface area contributed by atoms with Gasteiger partial charge in [-0.15, -0.1) is 0 Å². The first-order valence-corrected chi connectivity index (χ1v) is 12.5. The van der Waals surface area contributed by atoms with Gasteiger partial charge in [0.1, 0.15) is 6.04 Å². The fourth-order valence-electron chi connectivity index (χ4n) is 4.54. The third-order valence-corrected chi connectivity index (χ3v) is 6.77. The molecule has 0 fully saturated rings. The number of pyridine rings is 1. The summed E-state index contributed by atoms with van der Waals surface area (Å²) in [6.07, 6.45) is 3.67. The zero-order valence-corrected chi connectivity index (χ0v) is 21.2. The van der Waals surface area contributed by atoms with Crippen LogP contribution >= 0.6 is 11.6 Å². The van der Waals surface area contributed by atoms with Crippen LogP contribution in [0.3, 0.4) is 0 Å². The van der Waals surface area contributed by atoms with Crippen LogP contribution in [0.2, 0.25) is 5.02 Å². The Morgan fingerprint density at radius 2 is 1.66 bits per heavy atom. The number of hydrogen-bond donors (Lipinski definition) is 2. The van der Waals surface area contributed by atoms with E-state index in [4.69, 9.17) is 11.6 Å². The lowest BCUT2D eigenvalue weighted by Crippen LogP contribution is -2.52. The number of nitrogens with zero attached hydrogens (tertiary/aromatic N) is 2. The van der Waals surface area contributed by atoms with Crippen molar-refractivity contribution in [1.82, 2.24) is 9.47 Å². The number of hydrogen-bond acceptors (Lipinski definition) is 3. The van der Waals surface area contributed by atoms with Crippen molar-refractivity contribution in [2.24, 2.45) is 0 Å². The van der Waals surface area contributed by atoms with Crippen LogP contribution < -0.4 is 16.2 Å². The van der Waals surface area contributed by atoms with Crippen LogP contribution in [0.5, 0.6) is 0 Å². The highest BCUT2D eigenvalue weighted by atomic mass is 35.5. The molecule has 7 nitrogen and oxygen atoms in total. The first kappa shape index (κ1) is 25.0. The molecule has 4 aromatic rings. The van der Waals surface area contributed by atoms with Crippen LogP contribution in [0, 0.1) is 0 Å². The maximum atomic E-state index is 13.6. The molecule has 1 aromatic heterocycles. The molecule has 0 saturated carbocycles. The van der Waals surface area contributed by atoms with Crippen LogP contribution in [0.4, 0.5) is 16.2 Å². The number of halogens is 1. The number of benzene rings is 3. The molecule has 0 aliphatic carbocycles. The van der Waals surface area contributed by atoms with E-state index in [2.05, 4.69) is 17.2 Å². The Hall–Kier alpha value is -4.62. The molecular weight excluding hydrogens is 500 g/mol. The summed E-state index contributed by atoms with van der Waals surface area (Å²) in [5.74, 6) is -0.321. The van der Waals surface area contributed by atoms with Gasteiger partial charge >= 0.3 is 6.03 Å². The predicted molar refractivity (Wildman–Crippen MR) is 151 cm³/mol. The van der Waals surface area contributed by atoms with Crippen molar-refractivity contribution in [3.05, 3.63) is 130 Å². The highest BCUT2D eigenvalue weighted by molar-refractivity contribution is 6.30. The summed E-state index contributed by atoms with van der Waals surface area (Å²) in [7, 11) is 0. The number of carbonyl (C=O) groups is 2. The fraction of sp³-hybridized carbons (Fsp3) is 0.100. The molecule has 38 heavy (non-hydrogen) atoms. The van der Waals surface area contributed by atoms with Crippen molar-refractivity contribution in [2.45, 2.75) is 19.0 Å². The van der Waals surface area contributed by atoms with Gasteiger partial charge < -0.3 is 15.5 Å². The Balaban J connectivity index is 1.42. The SMILES string of the molecule is C=Cc1cc(-n2ccccc2=O)ccc1NC(=O)[C@H]1Cc2ccccc2CN1C(=O)Nc1ccc(Cl)cc1. The number of amides is 3. The van der Waals surface area contributed by atoms with Crippen molar-refractivity contribution in [2.75, 3.05) is 10.6 Å². The highest BCUT2D eigenvalue weighted by Crippen LogP contribution is 2.27. The molecule has 3 amide bonds. The molecule has 0 bridgehead atoms. The molecule has 0 unspecified atom stereocenters. The number of carbonyl (C=O) groups excluding carboxylic acids is 2. The second kappa shape index (κ2) is 10.8. The Bertz CT molecular complexity index is 1580. The molecule has 3 aromatic carbocycles. The standard InChI is InChI=1S/C30H25ClN4O3/c1-2-20-17-25(34-16-6-5-9-28(34)36)14-15-26(20)33-29(37)27-18-21-7-3-4-8-22(21)19-35(27)30(38)32-24-12-10-23(31)11-13-24/h2-17,27H,1,18-19H2,(H,32,38)(H,33,37)/t27-/m1/s1. The van der Waals surface area contributed by atoms with E-state index >= 15 is 0 Å². The molecule has 0 saturated heterocycles. The van der Waals surface area contributed by atoms with E-state index in [1.807, 2.05) is 24.3 Å². The van der Waals surface area contributed by atoms with Gasteiger partial charge in [0.25, 0.3) is 5.56 Å². The summed E-state index contributed by atoms with van der Waals surface area (Å²) in [6, 6.07) is 23.7. The van der Waals surface area contributed by atoms with E-state index in [0.717, 1.165) is 11.1 Å². The van der Waals surface area contributed by atoms with Crippen LogP contribution in [-0.4, -0.2) is 27.4 Å². The second-order valence-electron chi connectivity index (χ2n) is 8.93. The normalized spacial score (nSPS) is 14.3. The average molecular weight is 525 g/mol. The second-order valence-corrected chi connectivity index (χ2v) is 9.36. The van der Waals surface area contributed by atoms with Gasteiger partial charge in [-0.25, -0.2) is 4.79 Å². The first-order chi connectivity index (χ1) is 18.4. The van der Waals surface area contributed by atoms with Gasteiger partial charge in [-0.05, 0) is 65.2 Å². The van der Waals surface area contributed by atoms with Gasteiger partial charge in [-0.1, -0.05) is 54.6 Å². The van der Waals surface area contributed by atoms with Crippen LogP contribution in [0.1, 0.15) is 16.7 Å². The van der Waals surface area contributed by atoms with E-state index in [-0.39, 0.29) is 24.0 Å². The number of rotatable bonds is 5. The fourth-order valence-corrected chi connectivity index (χ4v) is 4.66. The van der Waals surface area contributed by atoms with E-state index in [9.17, 15) is 14.4 Å². The minimum Gasteiger partial charge on any atom is -0.324 e. The third kappa shape index (κ3) is 5.23. The molecule has 190 valence electrons. The zero-order chi connectivity index (χ0) is 26.6. The number of anilines is 2. The van der Waals surface area contributed by atoms with E-state index < -0.39 is 6.04 Å². The summed E-state index contributed by atoms with van der Waals surface area (Å²) in [5, 5.41) is 6.41. The van der Waals surface area contributed by atoms with Gasteiger partial charge in [0.15, 0.2) is 0 Å². The number of aromatic nitrogens is 1. The Morgan fingerprint density at radius 1 is 0.921 bits per heavy atom. The minimum absolute atomic E-state index is 0.164. The molecule has 8 heteroatoms. The molecule has 1 aliphatic rings. The monoisotopic (exact) mass is 524 g/mol. The van der Waals surface area contributed by atoms with Crippen molar-refractivity contribution >= 4 is 41.0 Å². The summed E-state index contributed by atoms with van der Waals surface area (Å²) in [6.45, 7) is 4.16. The minimum atomic E-state index is -0.744. The zero-order valence-electron chi connectivity index (χ0n) is 20.4. The largest absolute Gasteiger partial charge is 0.324 e. The molecule has 0 spiro atoms. The Kier molecular flexibility index (Phi) is 7.11. The molecule has 5 rings (SSSR count). The van der Waals surface area contributed by atoms with Gasteiger partial charge in [-0.2, -0.15) is 0 Å². The Morgan fingerprint density at radius 3 is 2.39 bits per heavy atom. The molecule has 1 atom stereocenters. The van der Waals surface area contributed by atoms with Gasteiger partial charge in [0.2, 0.25) is 5.91 Å². The van der Waals surface area contributed by atoms with Crippen molar-refractivity contribution in [3.63, 3.8) is 0 Å². The lowest BCUT2D eigenvalue weighted by atomic mass is 9.93. The Labute approximate surface area is 225 Å². The lowest BCUT2D eigenvalue weighted by molar-refractivity contribution is -0.120. The maximum absolute atomic E-state index is 13.6. The number of urea groups is 1. The van der Waals surface area contributed by atoms with E-state index in [0.29, 0.717) is 34.1 Å². The van der Waals surface area contributed by atoms with Gasteiger partial charge in [0.05, 0.1) is 0 Å². The van der Waals surface area contributed by atoms with Crippen molar-refractivity contribution in [1.29, 1.82) is 0 Å². The summed E-state index contributed by atoms with van der Waals surface area (Å²) in [5.41, 5.74) is 4.27. The third-order valence-electron chi connectivity index (χ3n) is 6.52. The van der Waals surface area contributed by atoms with Crippen LogP contribution in [-0.2, 0) is 17.8 Å². The summed E-state index contributed by atoms with van der Waals surface area (Å²) < 4.78 is 1.51. The molecule has 2 N–H and O–H groups in total. The summed E-state index contributed by atoms with van der Waals surface area (Å²) >= 11 is 5.97. The van der Waals surface area contributed by atoms with Crippen molar-refractivity contribution < 1.29 is 9.59 Å². The van der Waals surface area contributed by atoms with E-state index in [1.165, 1.54) is 15.5 Å². The van der Waals surface area contributed by atoms with E-state index in [1.54, 1.807) is 66.9 Å². The quantitative estimate of drug-likeness (QED) is 0.349. The molecule has 0 radical (unpaired) electrons. The number of nitrogens with one attached hydrogen (secondary N) is 2.